The zero-order valence-corrected chi connectivity index (χ0v) is 11.9. The van der Waals surface area contributed by atoms with E-state index in [4.69, 9.17) is 5.73 Å². The normalized spacial score (nSPS) is 13.6. The Labute approximate surface area is 123 Å². The monoisotopic (exact) mass is 326 g/mol. The van der Waals surface area contributed by atoms with E-state index in [1.165, 1.54) is 16.3 Å². The summed E-state index contributed by atoms with van der Waals surface area (Å²) in [5.74, 6) is -3.34. The Hall–Kier alpha value is -1.19. The Bertz CT molecular complexity index is 567. The third kappa shape index (κ3) is 3.47. The summed E-state index contributed by atoms with van der Waals surface area (Å²) in [4.78, 5) is 27.6. The first-order valence-electron chi connectivity index (χ1n) is 5.53. The van der Waals surface area contributed by atoms with Crippen LogP contribution in [0.2, 0.25) is 0 Å². The third-order valence-corrected chi connectivity index (χ3v) is 3.58. The molecular formula is C10H13ClF2N4O2S. The zero-order valence-electron chi connectivity index (χ0n) is 10.3. The Morgan fingerprint density at radius 2 is 2.30 bits per heavy atom. The first kappa shape index (κ1) is 16.9. The van der Waals surface area contributed by atoms with Gasteiger partial charge in [0.1, 0.15) is 5.56 Å². The molecule has 2 heterocycles. The second-order valence-corrected chi connectivity index (χ2v) is 5.06. The molecule has 1 aliphatic rings. The Morgan fingerprint density at radius 3 is 2.95 bits per heavy atom. The number of thioether (sulfide) groups is 1. The average molecular weight is 327 g/mol. The van der Waals surface area contributed by atoms with Gasteiger partial charge in [0.25, 0.3) is 17.4 Å². The van der Waals surface area contributed by atoms with Crippen molar-refractivity contribution < 1.29 is 13.6 Å². The molecule has 1 aromatic rings. The number of rotatable bonds is 4. The summed E-state index contributed by atoms with van der Waals surface area (Å²) in [7, 11) is 0. The number of nitrogens with zero attached hydrogens (tertiary/aromatic N) is 2. The lowest BCUT2D eigenvalue weighted by atomic mass is 10.3. The van der Waals surface area contributed by atoms with E-state index in [1.54, 1.807) is 0 Å². The average Bonchev–Trinajstić information content (AvgIpc) is 2.86. The molecule has 0 fully saturated rings. The Kier molecular flexibility index (Phi) is 5.49. The van der Waals surface area contributed by atoms with Crippen molar-refractivity contribution in [3.63, 3.8) is 0 Å². The summed E-state index contributed by atoms with van der Waals surface area (Å²) in [5, 5.41) is 2.53. The molecule has 1 aromatic heterocycles. The standard InChI is InChI=1S/C10H12F2N4O2S.ClH/c11-10(12,4-13)5-15-7(17)6-3-14-9-16(8(6)18)1-2-19-9;/h3H,1-2,4-5,13H2,(H,15,17);1H. The highest BCUT2D eigenvalue weighted by Crippen LogP contribution is 2.20. The van der Waals surface area contributed by atoms with Crippen LogP contribution in [0.3, 0.4) is 0 Å². The van der Waals surface area contributed by atoms with Crippen molar-refractivity contribution in [3.8, 4) is 0 Å². The van der Waals surface area contributed by atoms with Crippen molar-refractivity contribution in [2.45, 2.75) is 17.6 Å². The molecule has 0 bridgehead atoms. The predicted octanol–water partition coefficient (Wildman–Crippen LogP) is 0.0946. The van der Waals surface area contributed by atoms with Gasteiger partial charge in [-0.15, -0.1) is 12.4 Å². The number of nitrogens with one attached hydrogen (secondary N) is 1. The maximum absolute atomic E-state index is 12.9. The van der Waals surface area contributed by atoms with Crippen LogP contribution in [0.4, 0.5) is 8.78 Å². The Morgan fingerprint density at radius 1 is 1.60 bits per heavy atom. The van der Waals surface area contributed by atoms with E-state index in [0.717, 1.165) is 6.20 Å². The first-order chi connectivity index (χ1) is 8.94. The molecule has 0 spiro atoms. The smallest absolute Gasteiger partial charge is 0.277 e. The molecule has 2 rings (SSSR count). The van der Waals surface area contributed by atoms with E-state index in [2.05, 4.69) is 4.98 Å². The molecule has 1 aliphatic heterocycles. The van der Waals surface area contributed by atoms with Crippen LogP contribution in [0, 0.1) is 0 Å². The van der Waals surface area contributed by atoms with Gasteiger partial charge in [0, 0.05) is 18.5 Å². The third-order valence-electron chi connectivity index (χ3n) is 2.61. The highest BCUT2D eigenvalue weighted by atomic mass is 35.5. The predicted molar refractivity (Wildman–Crippen MR) is 72.8 cm³/mol. The van der Waals surface area contributed by atoms with E-state index in [1.807, 2.05) is 5.32 Å². The van der Waals surface area contributed by atoms with E-state index in [9.17, 15) is 18.4 Å². The number of hydrogen-bond acceptors (Lipinski definition) is 5. The van der Waals surface area contributed by atoms with Crippen LogP contribution in [0.15, 0.2) is 16.1 Å². The van der Waals surface area contributed by atoms with Gasteiger partial charge in [0.2, 0.25) is 0 Å². The molecule has 0 radical (unpaired) electrons. The van der Waals surface area contributed by atoms with Crippen molar-refractivity contribution in [3.05, 3.63) is 22.1 Å². The first-order valence-corrected chi connectivity index (χ1v) is 6.52. The molecular weight excluding hydrogens is 314 g/mol. The molecule has 10 heteroatoms. The van der Waals surface area contributed by atoms with Crippen molar-refractivity contribution in [1.29, 1.82) is 0 Å². The SMILES string of the molecule is Cl.NCC(F)(F)CNC(=O)c1cnc2n(c1=O)CCS2. The minimum Gasteiger partial charge on any atom is -0.346 e. The van der Waals surface area contributed by atoms with Crippen LogP contribution >= 0.6 is 24.2 Å². The molecule has 112 valence electrons. The molecule has 6 nitrogen and oxygen atoms in total. The number of nitrogens with two attached hydrogens (primary N) is 1. The summed E-state index contributed by atoms with van der Waals surface area (Å²) in [6.07, 6.45) is 1.11. The van der Waals surface area contributed by atoms with Crippen LogP contribution in [-0.2, 0) is 6.54 Å². The topological polar surface area (TPSA) is 90.0 Å². The molecule has 20 heavy (non-hydrogen) atoms. The lowest BCUT2D eigenvalue weighted by molar-refractivity contribution is 0.0118. The number of halogens is 3. The molecule has 0 aliphatic carbocycles. The molecule has 1 amide bonds. The van der Waals surface area contributed by atoms with E-state index in [0.29, 0.717) is 17.5 Å². The van der Waals surface area contributed by atoms with Gasteiger partial charge < -0.3 is 11.1 Å². The molecule has 0 unspecified atom stereocenters. The number of alkyl halides is 2. The van der Waals surface area contributed by atoms with Crippen molar-refractivity contribution in [1.82, 2.24) is 14.9 Å². The second kappa shape index (κ2) is 6.51. The van der Waals surface area contributed by atoms with Crippen molar-refractivity contribution in [2.24, 2.45) is 5.73 Å². The minimum atomic E-state index is -3.19. The molecule has 0 saturated carbocycles. The lowest BCUT2D eigenvalue weighted by Gasteiger charge is -2.14. The van der Waals surface area contributed by atoms with Crippen molar-refractivity contribution in [2.75, 3.05) is 18.8 Å². The lowest BCUT2D eigenvalue weighted by Crippen LogP contribution is -2.43. The number of fused-ring (bicyclic) bond motifs is 1. The van der Waals surface area contributed by atoms with E-state index < -0.39 is 30.5 Å². The fourth-order valence-electron chi connectivity index (χ4n) is 1.55. The van der Waals surface area contributed by atoms with Gasteiger partial charge >= 0.3 is 0 Å². The second-order valence-electron chi connectivity index (χ2n) is 4.00. The molecule has 0 saturated heterocycles. The maximum Gasteiger partial charge on any atom is 0.277 e. The number of amides is 1. The fourth-order valence-corrected chi connectivity index (χ4v) is 2.46. The highest BCUT2D eigenvalue weighted by Gasteiger charge is 2.28. The van der Waals surface area contributed by atoms with Crippen LogP contribution in [0.25, 0.3) is 0 Å². The van der Waals surface area contributed by atoms with Crippen LogP contribution in [-0.4, -0.2) is 40.2 Å². The van der Waals surface area contributed by atoms with Gasteiger partial charge in [-0.25, -0.2) is 13.8 Å². The fraction of sp³-hybridized carbons (Fsp3) is 0.500. The zero-order chi connectivity index (χ0) is 14.0. The Balaban J connectivity index is 0.00000200. The number of carbonyl (C=O) groups is 1. The number of hydrogen-bond donors (Lipinski definition) is 2. The van der Waals surface area contributed by atoms with Gasteiger partial charge in [0.15, 0.2) is 5.16 Å². The molecule has 3 N–H and O–H groups in total. The molecule has 0 atom stereocenters. The van der Waals surface area contributed by atoms with Crippen LogP contribution < -0.4 is 16.6 Å². The number of carbonyl (C=O) groups excluding carboxylic acids is 1. The van der Waals surface area contributed by atoms with Crippen LogP contribution in [0.5, 0.6) is 0 Å². The van der Waals surface area contributed by atoms with E-state index in [-0.39, 0.29) is 18.0 Å². The van der Waals surface area contributed by atoms with E-state index >= 15 is 0 Å². The largest absolute Gasteiger partial charge is 0.346 e. The van der Waals surface area contributed by atoms with Gasteiger partial charge in [0.05, 0.1) is 13.1 Å². The van der Waals surface area contributed by atoms with Gasteiger partial charge in [-0.1, -0.05) is 11.8 Å². The van der Waals surface area contributed by atoms with Gasteiger partial charge in [-0.2, -0.15) is 0 Å². The highest BCUT2D eigenvalue weighted by molar-refractivity contribution is 7.99. The minimum absolute atomic E-state index is 0. The summed E-state index contributed by atoms with van der Waals surface area (Å²) in [6.45, 7) is -1.31. The van der Waals surface area contributed by atoms with Gasteiger partial charge in [-0.05, 0) is 0 Å². The summed E-state index contributed by atoms with van der Waals surface area (Å²) in [6, 6.07) is 0. The van der Waals surface area contributed by atoms with Crippen LogP contribution in [0.1, 0.15) is 10.4 Å². The maximum atomic E-state index is 12.9. The van der Waals surface area contributed by atoms with Crippen molar-refractivity contribution >= 4 is 30.1 Å². The molecule has 0 aromatic carbocycles. The summed E-state index contributed by atoms with van der Waals surface area (Å²) in [5.41, 5.74) is 4.11. The van der Waals surface area contributed by atoms with Gasteiger partial charge in [-0.3, -0.25) is 14.2 Å². The summed E-state index contributed by atoms with van der Waals surface area (Å²) >= 11 is 1.41. The summed E-state index contributed by atoms with van der Waals surface area (Å²) < 4.78 is 27.2. The quantitative estimate of drug-likeness (QED) is 0.766. The number of aromatic nitrogens is 2.